The zero-order valence-corrected chi connectivity index (χ0v) is 14.8. The summed E-state index contributed by atoms with van der Waals surface area (Å²) >= 11 is 0. The van der Waals surface area contributed by atoms with Crippen LogP contribution >= 0.6 is 0 Å². The minimum absolute atomic E-state index is 0.280. The Hall–Kier alpha value is -1.20. The molecule has 0 saturated carbocycles. The highest BCUT2D eigenvalue weighted by Gasteiger charge is 2.17. The quantitative estimate of drug-likeness (QED) is 0.511. The minimum atomic E-state index is -1.15. The van der Waals surface area contributed by atoms with Crippen LogP contribution in [-0.2, 0) is 22.3 Å². The molecule has 124 valence electrons. The average Bonchev–Trinajstić information content (AvgIpc) is 2.49. The normalized spacial score (nSPS) is 13.5. The highest BCUT2D eigenvalue weighted by Crippen LogP contribution is 2.13. The number of benzene rings is 1. The summed E-state index contributed by atoms with van der Waals surface area (Å²) in [5.41, 5.74) is 1.14. The van der Waals surface area contributed by atoms with Crippen molar-refractivity contribution in [2.75, 3.05) is 13.7 Å². The maximum atomic E-state index is 11.7. The van der Waals surface area contributed by atoms with Gasteiger partial charge < -0.3 is 9.47 Å². The van der Waals surface area contributed by atoms with Gasteiger partial charge in [0.15, 0.2) is 0 Å². The second-order valence-electron chi connectivity index (χ2n) is 6.05. The first-order chi connectivity index (χ1) is 10.4. The van der Waals surface area contributed by atoms with Crippen LogP contribution in [0.5, 0.6) is 5.75 Å². The third-order valence-electron chi connectivity index (χ3n) is 2.99. The van der Waals surface area contributed by atoms with Crippen LogP contribution in [0, 0.1) is 0 Å². The third kappa shape index (κ3) is 7.71. The standard InChI is InChI=1S/C17H27NO3S/c1-17(2,3)22(19)18-12-6-5-7-13-21-14-15-8-10-16(20-4)11-9-15/h8-12H,5-7,13-14H2,1-4H3/b18-12+. The molecule has 0 aromatic heterocycles. The second-order valence-corrected chi connectivity index (χ2v) is 7.98. The molecule has 1 unspecified atom stereocenters. The highest BCUT2D eigenvalue weighted by atomic mass is 32.2. The summed E-state index contributed by atoms with van der Waals surface area (Å²) in [6, 6.07) is 7.88. The SMILES string of the molecule is COc1ccc(COCCCC/C=N/S(=O)C(C)(C)C)cc1. The summed E-state index contributed by atoms with van der Waals surface area (Å²) in [6.45, 7) is 7.11. The first-order valence-corrected chi connectivity index (χ1v) is 8.69. The molecule has 0 amide bonds. The van der Waals surface area contributed by atoms with E-state index < -0.39 is 11.0 Å². The summed E-state index contributed by atoms with van der Waals surface area (Å²) in [5, 5.41) is 0. The van der Waals surface area contributed by atoms with Gasteiger partial charge in [-0.15, -0.1) is 0 Å². The Labute approximate surface area is 136 Å². The number of methoxy groups -OCH3 is 1. The van der Waals surface area contributed by atoms with Crippen molar-refractivity contribution in [2.45, 2.75) is 51.4 Å². The van der Waals surface area contributed by atoms with E-state index in [9.17, 15) is 4.21 Å². The van der Waals surface area contributed by atoms with E-state index >= 15 is 0 Å². The van der Waals surface area contributed by atoms with Gasteiger partial charge in [0.2, 0.25) is 0 Å². The molecule has 0 aliphatic rings. The van der Waals surface area contributed by atoms with E-state index in [0.29, 0.717) is 6.61 Å². The molecule has 1 rings (SSSR count). The predicted molar refractivity (Wildman–Crippen MR) is 92.9 cm³/mol. The Morgan fingerprint density at radius 2 is 1.86 bits per heavy atom. The van der Waals surface area contributed by atoms with Crippen LogP contribution in [0.4, 0.5) is 0 Å². The summed E-state index contributed by atoms with van der Waals surface area (Å²) in [7, 11) is 0.513. The van der Waals surface area contributed by atoms with Crippen molar-refractivity contribution in [1.29, 1.82) is 0 Å². The lowest BCUT2D eigenvalue weighted by Gasteiger charge is -2.12. The molecule has 1 aromatic rings. The van der Waals surface area contributed by atoms with Crippen LogP contribution < -0.4 is 4.74 Å². The van der Waals surface area contributed by atoms with E-state index in [-0.39, 0.29) is 4.75 Å². The van der Waals surface area contributed by atoms with E-state index in [4.69, 9.17) is 9.47 Å². The van der Waals surface area contributed by atoms with Crippen LogP contribution in [0.25, 0.3) is 0 Å². The molecule has 1 atom stereocenters. The van der Waals surface area contributed by atoms with E-state index in [1.165, 1.54) is 0 Å². The van der Waals surface area contributed by atoms with Gasteiger partial charge in [0.05, 0.1) is 18.5 Å². The molecule has 0 fully saturated rings. The molecule has 1 aromatic carbocycles. The second kappa shape index (κ2) is 9.74. The predicted octanol–water partition coefficient (Wildman–Crippen LogP) is 3.92. The summed E-state index contributed by atoms with van der Waals surface area (Å²) in [5.74, 6) is 0.857. The molecule has 4 nitrogen and oxygen atoms in total. The molecule has 0 saturated heterocycles. The summed E-state index contributed by atoms with van der Waals surface area (Å²) < 4.78 is 26.2. The van der Waals surface area contributed by atoms with E-state index in [2.05, 4.69) is 4.40 Å². The largest absolute Gasteiger partial charge is 0.497 e. The van der Waals surface area contributed by atoms with Crippen LogP contribution in [-0.4, -0.2) is 28.9 Å². The summed E-state index contributed by atoms with van der Waals surface area (Å²) in [4.78, 5) is 0. The van der Waals surface area contributed by atoms with Gasteiger partial charge in [-0.2, -0.15) is 4.40 Å². The monoisotopic (exact) mass is 325 g/mol. The molecule has 0 radical (unpaired) electrons. The van der Waals surface area contributed by atoms with E-state index in [1.54, 1.807) is 13.3 Å². The molecule has 5 heteroatoms. The van der Waals surface area contributed by atoms with Gasteiger partial charge in [0, 0.05) is 12.8 Å². The first-order valence-electron chi connectivity index (χ1n) is 7.58. The highest BCUT2D eigenvalue weighted by molar-refractivity contribution is 7.85. The number of hydrogen-bond donors (Lipinski definition) is 0. The molecule has 0 bridgehead atoms. The van der Waals surface area contributed by atoms with Crippen molar-refractivity contribution in [3.63, 3.8) is 0 Å². The van der Waals surface area contributed by atoms with Gasteiger partial charge in [-0.3, -0.25) is 0 Å². The maximum absolute atomic E-state index is 11.7. The van der Waals surface area contributed by atoms with Crippen LogP contribution in [0.2, 0.25) is 0 Å². The van der Waals surface area contributed by atoms with Crippen molar-refractivity contribution in [2.24, 2.45) is 4.40 Å². The number of unbranched alkanes of at least 4 members (excludes halogenated alkanes) is 2. The zero-order valence-electron chi connectivity index (χ0n) is 14.0. The minimum Gasteiger partial charge on any atom is -0.497 e. The summed E-state index contributed by atoms with van der Waals surface area (Å²) in [6.07, 6.45) is 4.58. The number of hydrogen-bond acceptors (Lipinski definition) is 3. The lowest BCUT2D eigenvalue weighted by Crippen LogP contribution is -2.19. The van der Waals surface area contributed by atoms with Gasteiger partial charge in [-0.25, -0.2) is 4.21 Å². The van der Waals surface area contributed by atoms with Crippen molar-refractivity contribution in [3.8, 4) is 5.75 Å². The number of nitrogens with zero attached hydrogens (tertiary/aromatic N) is 1. The zero-order chi connectivity index (χ0) is 16.4. The van der Waals surface area contributed by atoms with E-state index in [1.807, 2.05) is 45.0 Å². The Kier molecular flexibility index (Phi) is 8.35. The smallest absolute Gasteiger partial charge is 0.144 e. The number of ether oxygens (including phenoxy) is 2. The molecule has 0 aliphatic heterocycles. The molecule has 0 aliphatic carbocycles. The molecular weight excluding hydrogens is 298 g/mol. The van der Waals surface area contributed by atoms with E-state index in [0.717, 1.165) is 37.2 Å². The van der Waals surface area contributed by atoms with Crippen LogP contribution in [0.1, 0.15) is 45.6 Å². The molecule has 0 N–H and O–H groups in total. The maximum Gasteiger partial charge on any atom is 0.144 e. The third-order valence-corrected chi connectivity index (χ3v) is 4.38. The Morgan fingerprint density at radius 1 is 1.18 bits per heavy atom. The van der Waals surface area contributed by atoms with Crippen LogP contribution in [0.15, 0.2) is 28.7 Å². The van der Waals surface area contributed by atoms with Gasteiger partial charge >= 0.3 is 0 Å². The van der Waals surface area contributed by atoms with Crippen molar-refractivity contribution >= 4 is 17.2 Å². The van der Waals surface area contributed by atoms with Gasteiger partial charge in [-0.1, -0.05) is 12.1 Å². The first kappa shape index (κ1) is 18.8. The topological polar surface area (TPSA) is 47.9 Å². The molecular formula is C17H27NO3S. The van der Waals surface area contributed by atoms with Crippen molar-refractivity contribution < 1.29 is 13.7 Å². The molecule has 0 heterocycles. The Morgan fingerprint density at radius 3 is 2.45 bits per heavy atom. The van der Waals surface area contributed by atoms with Gasteiger partial charge in [-0.05, 0) is 57.7 Å². The fraction of sp³-hybridized carbons (Fsp3) is 0.588. The Bertz CT molecular complexity index is 478. The fourth-order valence-corrected chi connectivity index (χ4v) is 2.19. The molecule has 22 heavy (non-hydrogen) atoms. The average molecular weight is 325 g/mol. The van der Waals surface area contributed by atoms with Crippen LogP contribution in [0.3, 0.4) is 0 Å². The van der Waals surface area contributed by atoms with Crippen molar-refractivity contribution in [3.05, 3.63) is 29.8 Å². The van der Waals surface area contributed by atoms with Gasteiger partial charge in [0.25, 0.3) is 0 Å². The lowest BCUT2D eigenvalue weighted by atomic mass is 10.2. The molecule has 0 spiro atoms. The van der Waals surface area contributed by atoms with Crippen molar-refractivity contribution in [1.82, 2.24) is 0 Å². The lowest BCUT2D eigenvalue weighted by molar-refractivity contribution is 0.117. The Balaban J connectivity index is 2.08. The van der Waals surface area contributed by atoms with Gasteiger partial charge in [0.1, 0.15) is 16.7 Å². The number of rotatable bonds is 9. The fourth-order valence-electron chi connectivity index (χ4n) is 1.63.